The second-order valence-corrected chi connectivity index (χ2v) is 4.45. The third-order valence-corrected chi connectivity index (χ3v) is 3.46. The van der Waals surface area contributed by atoms with Crippen molar-refractivity contribution in [3.8, 4) is 5.75 Å². The maximum atomic E-state index is 5.46. The molecule has 0 bridgehead atoms. The Balaban J connectivity index is 2.07. The fraction of sp³-hybridized carbons (Fsp3) is 0.267. The third-order valence-electron chi connectivity index (χ3n) is 3.46. The summed E-state index contributed by atoms with van der Waals surface area (Å²) in [4.78, 5) is 4.08. The molecule has 0 amide bonds. The van der Waals surface area contributed by atoms with E-state index in [-0.39, 0.29) is 6.04 Å². The van der Waals surface area contributed by atoms with Gasteiger partial charge in [-0.2, -0.15) is 0 Å². The van der Waals surface area contributed by atoms with Crippen LogP contribution in [-0.2, 0) is 6.42 Å². The molecule has 0 spiro atoms. The van der Waals surface area contributed by atoms with Gasteiger partial charge >= 0.3 is 0 Å². The van der Waals surface area contributed by atoms with Crippen molar-refractivity contribution in [1.29, 1.82) is 0 Å². The van der Waals surface area contributed by atoms with Crippen molar-refractivity contribution < 1.29 is 4.74 Å². The van der Waals surface area contributed by atoms with Crippen LogP contribution in [-0.4, -0.2) is 18.6 Å². The molecular weight excluding hydrogens is 224 g/mol. The molecule has 92 valence electrons. The molecule has 0 saturated heterocycles. The first-order chi connectivity index (χ1) is 8.90. The number of hydrogen-bond acceptors (Lipinski definition) is 3. The highest BCUT2D eigenvalue weighted by atomic mass is 16.5. The monoisotopic (exact) mass is 240 g/mol. The Morgan fingerprint density at radius 1 is 1.22 bits per heavy atom. The Bertz CT molecular complexity index is 539. The predicted octanol–water partition coefficient (Wildman–Crippen LogP) is 2.33. The molecule has 0 fully saturated rings. The number of methoxy groups -OCH3 is 1. The van der Waals surface area contributed by atoms with Gasteiger partial charge in [-0.1, -0.05) is 12.1 Å². The summed E-state index contributed by atoms with van der Waals surface area (Å²) in [6, 6.07) is 10.6. The highest BCUT2D eigenvalue weighted by Gasteiger charge is 2.23. The number of nitrogens with zero attached hydrogens (tertiary/aromatic N) is 1. The SMILES string of the molecule is COc1cccc2c1CCNC2c1ccncc1. The summed E-state index contributed by atoms with van der Waals surface area (Å²) in [5.41, 5.74) is 3.88. The molecule has 2 heterocycles. The fourth-order valence-corrected chi connectivity index (χ4v) is 2.62. The third kappa shape index (κ3) is 1.87. The van der Waals surface area contributed by atoms with Gasteiger partial charge in [-0.15, -0.1) is 0 Å². The molecule has 1 aromatic heterocycles. The largest absolute Gasteiger partial charge is 0.496 e. The van der Waals surface area contributed by atoms with E-state index in [2.05, 4.69) is 34.6 Å². The van der Waals surface area contributed by atoms with Crippen molar-refractivity contribution >= 4 is 0 Å². The van der Waals surface area contributed by atoms with Crippen LogP contribution in [0.4, 0.5) is 0 Å². The van der Waals surface area contributed by atoms with Gasteiger partial charge in [0.25, 0.3) is 0 Å². The van der Waals surface area contributed by atoms with Gasteiger partial charge in [0, 0.05) is 24.5 Å². The number of fused-ring (bicyclic) bond motifs is 1. The van der Waals surface area contributed by atoms with Crippen LogP contribution in [0.15, 0.2) is 42.7 Å². The summed E-state index contributed by atoms with van der Waals surface area (Å²) >= 11 is 0. The van der Waals surface area contributed by atoms with Gasteiger partial charge < -0.3 is 10.1 Å². The van der Waals surface area contributed by atoms with E-state index < -0.39 is 0 Å². The van der Waals surface area contributed by atoms with Gasteiger partial charge in [-0.25, -0.2) is 0 Å². The molecule has 2 aromatic rings. The van der Waals surface area contributed by atoms with Crippen LogP contribution >= 0.6 is 0 Å². The van der Waals surface area contributed by atoms with E-state index in [1.54, 1.807) is 7.11 Å². The summed E-state index contributed by atoms with van der Waals surface area (Å²) < 4.78 is 5.46. The number of rotatable bonds is 2. The first-order valence-corrected chi connectivity index (χ1v) is 6.19. The lowest BCUT2D eigenvalue weighted by molar-refractivity contribution is 0.403. The minimum atomic E-state index is 0.242. The van der Waals surface area contributed by atoms with Crippen LogP contribution in [0.2, 0.25) is 0 Å². The zero-order chi connectivity index (χ0) is 12.4. The average Bonchev–Trinajstić information content (AvgIpc) is 2.47. The standard InChI is InChI=1S/C15H16N2O/c1-18-14-4-2-3-13-12(14)7-10-17-15(13)11-5-8-16-9-6-11/h2-6,8-9,15,17H,7,10H2,1H3. The van der Waals surface area contributed by atoms with E-state index in [1.165, 1.54) is 16.7 Å². The number of ether oxygens (including phenoxy) is 1. The average molecular weight is 240 g/mol. The van der Waals surface area contributed by atoms with Crippen LogP contribution in [0.25, 0.3) is 0 Å². The minimum Gasteiger partial charge on any atom is -0.496 e. The summed E-state index contributed by atoms with van der Waals surface area (Å²) in [6.45, 7) is 0.973. The van der Waals surface area contributed by atoms with Gasteiger partial charge in [0.05, 0.1) is 13.2 Å². The van der Waals surface area contributed by atoms with E-state index in [0.29, 0.717) is 0 Å². The molecular formula is C15H16N2O. The molecule has 0 radical (unpaired) electrons. The van der Waals surface area contributed by atoms with E-state index >= 15 is 0 Å². The van der Waals surface area contributed by atoms with Crippen molar-refractivity contribution in [3.63, 3.8) is 0 Å². The van der Waals surface area contributed by atoms with E-state index in [4.69, 9.17) is 4.74 Å². The molecule has 1 atom stereocenters. The van der Waals surface area contributed by atoms with Gasteiger partial charge in [0.2, 0.25) is 0 Å². The Kier molecular flexibility index (Phi) is 2.99. The van der Waals surface area contributed by atoms with Gasteiger partial charge in [0.1, 0.15) is 5.75 Å². The van der Waals surface area contributed by atoms with Gasteiger partial charge in [0.15, 0.2) is 0 Å². The normalized spacial score (nSPS) is 18.2. The molecule has 1 aliphatic heterocycles. The van der Waals surface area contributed by atoms with Gasteiger partial charge in [-0.05, 0) is 35.7 Å². The topological polar surface area (TPSA) is 34.1 Å². The highest BCUT2D eigenvalue weighted by Crippen LogP contribution is 2.33. The molecule has 0 aliphatic carbocycles. The zero-order valence-corrected chi connectivity index (χ0v) is 10.4. The molecule has 3 nitrogen and oxygen atoms in total. The molecule has 18 heavy (non-hydrogen) atoms. The number of hydrogen-bond donors (Lipinski definition) is 1. The minimum absolute atomic E-state index is 0.242. The molecule has 0 saturated carbocycles. The Morgan fingerprint density at radius 3 is 2.83 bits per heavy atom. The zero-order valence-electron chi connectivity index (χ0n) is 10.4. The maximum absolute atomic E-state index is 5.46. The molecule has 1 aromatic carbocycles. The van der Waals surface area contributed by atoms with Crippen molar-refractivity contribution in [2.45, 2.75) is 12.5 Å². The van der Waals surface area contributed by atoms with Crippen molar-refractivity contribution in [3.05, 3.63) is 59.4 Å². The van der Waals surface area contributed by atoms with E-state index in [0.717, 1.165) is 18.7 Å². The van der Waals surface area contributed by atoms with Crippen LogP contribution < -0.4 is 10.1 Å². The number of aromatic nitrogens is 1. The lowest BCUT2D eigenvalue weighted by Crippen LogP contribution is -2.30. The highest BCUT2D eigenvalue weighted by molar-refractivity contribution is 5.46. The number of benzene rings is 1. The summed E-state index contributed by atoms with van der Waals surface area (Å²) in [6.07, 6.45) is 4.69. The Labute approximate surface area is 107 Å². The molecule has 3 rings (SSSR count). The number of pyridine rings is 1. The summed E-state index contributed by atoms with van der Waals surface area (Å²) in [5.74, 6) is 0.994. The lowest BCUT2D eigenvalue weighted by atomic mass is 9.90. The quantitative estimate of drug-likeness (QED) is 0.874. The Morgan fingerprint density at radius 2 is 2.06 bits per heavy atom. The lowest BCUT2D eigenvalue weighted by Gasteiger charge is -2.28. The molecule has 1 N–H and O–H groups in total. The van der Waals surface area contributed by atoms with Crippen LogP contribution in [0.3, 0.4) is 0 Å². The van der Waals surface area contributed by atoms with Crippen LogP contribution in [0.5, 0.6) is 5.75 Å². The van der Waals surface area contributed by atoms with Crippen molar-refractivity contribution in [1.82, 2.24) is 10.3 Å². The first kappa shape index (κ1) is 11.2. The number of nitrogens with one attached hydrogen (secondary N) is 1. The van der Waals surface area contributed by atoms with Crippen molar-refractivity contribution in [2.24, 2.45) is 0 Å². The second kappa shape index (κ2) is 4.78. The van der Waals surface area contributed by atoms with E-state index in [9.17, 15) is 0 Å². The fourth-order valence-electron chi connectivity index (χ4n) is 2.62. The first-order valence-electron chi connectivity index (χ1n) is 6.19. The summed E-state index contributed by atoms with van der Waals surface area (Å²) in [5, 5.41) is 3.56. The van der Waals surface area contributed by atoms with E-state index in [1.807, 2.05) is 18.5 Å². The molecule has 3 heteroatoms. The van der Waals surface area contributed by atoms with Crippen LogP contribution in [0, 0.1) is 0 Å². The second-order valence-electron chi connectivity index (χ2n) is 4.45. The molecule has 1 aliphatic rings. The van der Waals surface area contributed by atoms with Crippen LogP contribution in [0.1, 0.15) is 22.7 Å². The smallest absolute Gasteiger partial charge is 0.122 e. The maximum Gasteiger partial charge on any atom is 0.122 e. The summed E-state index contributed by atoms with van der Waals surface area (Å²) in [7, 11) is 1.74. The van der Waals surface area contributed by atoms with Gasteiger partial charge in [-0.3, -0.25) is 4.98 Å². The molecule has 1 unspecified atom stereocenters. The predicted molar refractivity (Wildman–Crippen MR) is 70.8 cm³/mol. The Hall–Kier alpha value is -1.87. The van der Waals surface area contributed by atoms with Crippen molar-refractivity contribution in [2.75, 3.05) is 13.7 Å².